The molecule has 2 rings (SSSR count). The van der Waals surface area contributed by atoms with Gasteiger partial charge in [0.15, 0.2) is 0 Å². The molecule has 78 valence electrons. The molecule has 4 heteroatoms. The standard InChI is InChI=1S/C11H13N3O/c1-14-10(4-7-15)8-13-11(14)9-2-5-12-6-3-9/h2-3,5-6,8,15H,4,7H2,1H3. The van der Waals surface area contributed by atoms with Gasteiger partial charge in [-0.25, -0.2) is 4.98 Å². The third-order valence-corrected chi connectivity index (χ3v) is 2.39. The molecule has 1 N–H and O–H groups in total. The molecule has 4 nitrogen and oxygen atoms in total. The van der Waals surface area contributed by atoms with Gasteiger partial charge in [-0.15, -0.1) is 0 Å². The summed E-state index contributed by atoms with van der Waals surface area (Å²) in [6.45, 7) is 0.148. The highest BCUT2D eigenvalue weighted by molar-refractivity contribution is 5.54. The first kappa shape index (κ1) is 9.86. The lowest BCUT2D eigenvalue weighted by Crippen LogP contribution is -2.00. The van der Waals surface area contributed by atoms with Gasteiger partial charge in [0.05, 0.1) is 0 Å². The molecule has 0 amide bonds. The maximum absolute atomic E-state index is 8.87. The van der Waals surface area contributed by atoms with Gasteiger partial charge in [-0.2, -0.15) is 0 Å². The van der Waals surface area contributed by atoms with Crippen molar-refractivity contribution in [3.63, 3.8) is 0 Å². The van der Waals surface area contributed by atoms with Crippen molar-refractivity contribution in [1.82, 2.24) is 14.5 Å². The van der Waals surface area contributed by atoms with Gasteiger partial charge < -0.3 is 9.67 Å². The van der Waals surface area contributed by atoms with Gasteiger partial charge in [0.1, 0.15) is 5.82 Å². The second-order valence-electron chi connectivity index (χ2n) is 3.34. The van der Waals surface area contributed by atoms with Gasteiger partial charge in [0.2, 0.25) is 0 Å². The SMILES string of the molecule is Cn1c(CCO)cnc1-c1ccncc1. The molecule has 0 unspecified atom stereocenters. The van der Waals surface area contributed by atoms with Crippen LogP contribution in [0.1, 0.15) is 5.69 Å². The van der Waals surface area contributed by atoms with Crippen LogP contribution in [0.25, 0.3) is 11.4 Å². The Hall–Kier alpha value is -1.68. The third kappa shape index (κ3) is 1.89. The first-order chi connectivity index (χ1) is 7.33. The molecule has 2 aromatic rings. The Morgan fingerprint density at radius 2 is 2.07 bits per heavy atom. The largest absolute Gasteiger partial charge is 0.396 e. The van der Waals surface area contributed by atoms with Crippen LogP contribution in [0.3, 0.4) is 0 Å². The molecule has 0 saturated carbocycles. The smallest absolute Gasteiger partial charge is 0.139 e. The van der Waals surface area contributed by atoms with Gasteiger partial charge in [0.25, 0.3) is 0 Å². The fourth-order valence-corrected chi connectivity index (χ4v) is 1.56. The maximum atomic E-state index is 8.87. The second-order valence-corrected chi connectivity index (χ2v) is 3.34. The predicted molar refractivity (Wildman–Crippen MR) is 57.2 cm³/mol. The minimum atomic E-state index is 0.148. The van der Waals surface area contributed by atoms with E-state index in [0.717, 1.165) is 17.1 Å². The van der Waals surface area contributed by atoms with Gasteiger partial charge in [0, 0.05) is 49.9 Å². The number of nitrogens with zero attached hydrogens (tertiary/aromatic N) is 3. The van der Waals surface area contributed by atoms with Crippen molar-refractivity contribution in [2.45, 2.75) is 6.42 Å². The van der Waals surface area contributed by atoms with Gasteiger partial charge in [-0.1, -0.05) is 0 Å². The number of imidazole rings is 1. The van der Waals surface area contributed by atoms with Crippen LogP contribution in [-0.4, -0.2) is 26.2 Å². The summed E-state index contributed by atoms with van der Waals surface area (Å²) in [6, 6.07) is 3.84. The monoisotopic (exact) mass is 203 g/mol. The Morgan fingerprint density at radius 3 is 2.73 bits per heavy atom. The number of hydrogen-bond donors (Lipinski definition) is 1. The van der Waals surface area contributed by atoms with E-state index in [-0.39, 0.29) is 6.61 Å². The number of pyridine rings is 1. The summed E-state index contributed by atoms with van der Waals surface area (Å²) in [6.07, 6.45) is 5.92. The topological polar surface area (TPSA) is 50.9 Å². The Morgan fingerprint density at radius 1 is 1.33 bits per heavy atom. The molecule has 0 aliphatic carbocycles. The Labute approximate surface area is 88.2 Å². The molecule has 0 spiro atoms. The molecule has 2 aromatic heterocycles. The zero-order valence-electron chi connectivity index (χ0n) is 8.59. The molecule has 15 heavy (non-hydrogen) atoms. The van der Waals surface area contributed by atoms with Crippen LogP contribution in [0.15, 0.2) is 30.7 Å². The quantitative estimate of drug-likeness (QED) is 0.810. The molecule has 0 radical (unpaired) electrons. The van der Waals surface area contributed by atoms with Crippen molar-refractivity contribution < 1.29 is 5.11 Å². The number of aliphatic hydroxyl groups is 1. The maximum Gasteiger partial charge on any atom is 0.139 e. The summed E-state index contributed by atoms with van der Waals surface area (Å²) < 4.78 is 1.99. The van der Waals surface area contributed by atoms with Crippen molar-refractivity contribution in [2.24, 2.45) is 7.05 Å². The molecule has 0 fully saturated rings. The van der Waals surface area contributed by atoms with Crippen LogP contribution in [0.4, 0.5) is 0 Å². The van der Waals surface area contributed by atoms with Crippen molar-refractivity contribution in [2.75, 3.05) is 6.61 Å². The molecular weight excluding hydrogens is 190 g/mol. The average molecular weight is 203 g/mol. The summed E-state index contributed by atoms with van der Waals surface area (Å²) in [4.78, 5) is 8.30. The highest BCUT2D eigenvalue weighted by Crippen LogP contribution is 2.17. The summed E-state index contributed by atoms with van der Waals surface area (Å²) in [5, 5.41) is 8.87. The highest BCUT2D eigenvalue weighted by Gasteiger charge is 2.07. The minimum Gasteiger partial charge on any atom is -0.396 e. The molecule has 0 aromatic carbocycles. The first-order valence-electron chi connectivity index (χ1n) is 4.85. The lowest BCUT2D eigenvalue weighted by atomic mass is 10.2. The highest BCUT2D eigenvalue weighted by atomic mass is 16.3. The van der Waals surface area contributed by atoms with E-state index in [1.807, 2.05) is 23.7 Å². The van der Waals surface area contributed by atoms with Crippen LogP contribution < -0.4 is 0 Å². The van der Waals surface area contributed by atoms with Crippen LogP contribution in [0.5, 0.6) is 0 Å². The Bertz CT molecular complexity index is 436. The third-order valence-electron chi connectivity index (χ3n) is 2.39. The van der Waals surface area contributed by atoms with Crippen LogP contribution in [0, 0.1) is 0 Å². The molecule has 0 saturated heterocycles. The zero-order valence-corrected chi connectivity index (χ0v) is 8.59. The molecule has 0 aliphatic heterocycles. The summed E-state index contributed by atoms with van der Waals surface area (Å²) >= 11 is 0. The first-order valence-corrected chi connectivity index (χ1v) is 4.85. The molecule has 0 bridgehead atoms. The van der Waals surface area contributed by atoms with Crippen molar-refractivity contribution >= 4 is 0 Å². The predicted octanol–water partition coefficient (Wildman–Crippen LogP) is 1.02. The van der Waals surface area contributed by atoms with E-state index in [0.29, 0.717) is 6.42 Å². The van der Waals surface area contributed by atoms with E-state index in [4.69, 9.17) is 5.11 Å². The number of aliphatic hydroxyl groups excluding tert-OH is 1. The zero-order chi connectivity index (χ0) is 10.7. The van der Waals surface area contributed by atoms with E-state index in [1.54, 1.807) is 18.6 Å². The molecular formula is C11H13N3O. The van der Waals surface area contributed by atoms with Crippen molar-refractivity contribution in [3.8, 4) is 11.4 Å². The number of aromatic nitrogens is 3. The van der Waals surface area contributed by atoms with E-state index in [9.17, 15) is 0 Å². The van der Waals surface area contributed by atoms with Gasteiger partial charge in [-0.05, 0) is 12.1 Å². The van der Waals surface area contributed by atoms with Gasteiger partial charge >= 0.3 is 0 Å². The van der Waals surface area contributed by atoms with Crippen molar-refractivity contribution in [1.29, 1.82) is 0 Å². The number of rotatable bonds is 3. The summed E-state index contributed by atoms with van der Waals surface area (Å²) in [5.41, 5.74) is 2.07. The van der Waals surface area contributed by atoms with E-state index < -0.39 is 0 Å². The summed E-state index contributed by atoms with van der Waals surface area (Å²) in [7, 11) is 1.95. The lowest BCUT2D eigenvalue weighted by Gasteiger charge is -2.04. The molecule has 0 atom stereocenters. The van der Waals surface area contributed by atoms with Crippen molar-refractivity contribution in [3.05, 3.63) is 36.4 Å². The summed E-state index contributed by atoms with van der Waals surface area (Å²) in [5.74, 6) is 0.904. The Kier molecular flexibility index (Phi) is 2.78. The van der Waals surface area contributed by atoms with E-state index in [2.05, 4.69) is 9.97 Å². The molecule has 0 aliphatic rings. The van der Waals surface area contributed by atoms with E-state index in [1.165, 1.54) is 0 Å². The fourth-order valence-electron chi connectivity index (χ4n) is 1.56. The number of hydrogen-bond acceptors (Lipinski definition) is 3. The van der Waals surface area contributed by atoms with E-state index >= 15 is 0 Å². The fraction of sp³-hybridized carbons (Fsp3) is 0.273. The average Bonchev–Trinajstić information content (AvgIpc) is 2.63. The Balaban J connectivity index is 2.38. The van der Waals surface area contributed by atoms with Crippen LogP contribution in [0.2, 0.25) is 0 Å². The van der Waals surface area contributed by atoms with Gasteiger partial charge in [-0.3, -0.25) is 4.98 Å². The molecule has 2 heterocycles. The second kappa shape index (κ2) is 4.23. The normalized spacial score (nSPS) is 10.5. The van der Waals surface area contributed by atoms with Crippen LogP contribution >= 0.6 is 0 Å². The minimum absolute atomic E-state index is 0.148. The van der Waals surface area contributed by atoms with Crippen LogP contribution in [-0.2, 0) is 13.5 Å². The lowest BCUT2D eigenvalue weighted by molar-refractivity contribution is 0.297.